The van der Waals surface area contributed by atoms with E-state index < -0.39 is 11.8 Å². The number of ether oxygens (including phenoxy) is 2. The summed E-state index contributed by atoms with van der Waals surface area (Å²) in [6.07, 6.45) is 1.46. The number of para-hydroxylation sites is 1. The van der Waals surface area contributed by atoms with E-state index in [1.165, 1.54) is 6.20 Å². The van der Waals surface area contributed by atoms with Crippen molar-refractivity contribution >= 4 is 28.5 Å². The molecule has 2 aromatic heterocycles. The van der Waals surface area contributed by atoms with Gasteiger partial charge in [0.2, 0.25) is 6.79 Å². The van der Waals surface area contributed by atoms with Crippen molar-refractivity contribution in [1.29, 1.82) is 0 Å². The standard InChI is InChI=1S/C23H16N4O4/c1-12-5-3-4-6-16(12)27-21-19(13(2)25-27)20-15(10-24-21)22(28)26(23(20)29)14-7-8-17-18(9-14)31-11-30-17/h3-10H,11H2,1-2H3. The lowest BCUT2D eigenvalue weighted by Crippen LogP contribution is -2.29. The molecular formula is C23H16N4O4. The van der Waals surface area contributed by atoms with Crippen molar-refractivity contribution in [3.05, 3.63) is 71.0 Å². The highest BCUT2D eigenvalue weighted by molar-refractivity contribution is 6.37. The number of amides is 2. The lowest BCUT2D eigenvalue weighted by molar-refractivity contribution is 0.0926. The quantitative estimate of drug-likeness (QED) is 0.468. The SMILES string of the molecule is Cc1ccccc1-n1nc(C)c2c3c(cnc21)C(=O)N(c1ccc2c(c1)OCO2)C3=O. The van der Waals surface area contributed by atoms with E-state index in [0.717, 1.165) is 16.2 Å². The van der Waals surface area contributed by atoms with Crippen molar-refractivity contribution in [3.8, 4) is 17.2 Å². The van der Waals surface area contributed by atoms with Gasteiger partial charge in [-0.2, -0.15) is 5.10 Å². The molecular weight excluding hydrogens is 396 g/mol. The van der Waals surface area contributed by atoms with Gasteiger partial charge >= 0.3 is 0 Å². The van der Waals surface area contributed by atoms with Gasteiger partial charge in [0.25, 0.3) is 11.8 Å². The Morgan fingerprint density at radius 2 is 1.77 bits per heavy atom. The van der Waals surface area contributed by atoms with Gasteiger partial charge in [-0.15, -0.1) is 0 Å². The van der Waals surface area contributed by atoms with Crippen LogP contribution in [-0.4, -0.2) is 33.4 Å². The number of aromatic nitrogens is 3. The van der Waals surface area contributed by atoms with E-state index in [4.69, 9.17) is 9.47 Å². The summed E-state index contributed by atoms with van der Waals surface area (Å²) < 4.78 is 12.5. The molecule has 0 bridgehead atoms. The summed E-state index contributed by atoms with van der Waals surface area (Å²) in [5, 5.41) is 5.22. The van der Waals surface area contributed by atoms with Crippen LogP contribution in [-0.2, 0) is 0 Å². The van der Waals surface area contributed by atoms with Crippen LogP contribution in [0.5, 0.6) is 11.5 Å². The van der Waals surface area contributed by atoms with Gasteiger partial charge in [-0.1, -0.05) is 18.2 Å². The highest BCUT2D eigenvalue weighted by Crippen LogP contribution is 2.39. The van der Waals surface area contributed by atoms with Crippen LogP contribution in [0.25, 0.3) is 16.7 Å². The highest BCUT2D eigenvalue weighted by Gasteiger charge is 2.40. The zero-order valence-electron chi connectivity index (χ0n) is 16.7. The molecule has 152 valence electrons. The van der Waals surface area contributed by atoms with E-state index >= 15 is 0 Å². The second kappa shape index (κ2) is 6.15. The second-order valence-corrected chi connectivity index (χ2v) is 7.51. The zero-order valence-corrected chi connectivity index (χ0v) is 16.7. The van der Waals surface area contributed by atoms with E-state index in [1.807, 2.05) is 38.1 Å². The predicted molar refractivity (Wildman–Crippen MR) is 112 cm³/mol. The van der Waals surface area contributed by atoms with Crippen LogP contribution in [0.3, 0.4) is 0 Å². The average molecular weight is 412 g/mol. The van der Waals surface area contributed by atoms with Gasteiger partial charge in [-0.25, -0.2) is 14.6 Å². The lowest BCUT2D eigenvalue weighted by Gasteiger charge is -2.14. The molecule has 31 heavy (non-hydrogen) atoms. The zero-order chi connectivity index (χ0) is 21.3. The number of carbonyl (C=O) groups excluding carboxylic acids is 2. The third kappa shape index (κ3) is 2.35. The maximum absolute atomic E-state index is 13.5. The molecule has 8 heteroatoms. The van der Waals surface area contributed by atoms with Crippen LogP contribution in [0.1, 0.15) is 32.0 Å². The number of nitrogens with zero attached hydrogens (tertiary/aromatic N) is 4. The van der Waals surface area contributed by atoms with Gasteiger partial charge in [0.05, 0.1) is 33.6 Å². The van der Waals surface area contributed by atoms with Crippen molar-refractivity contribution in [3.63, 3.8) is 0 Å². The van der Waals surface area contributed by atoms with Gasteiger partial charge in [-0.3, -0.25) is 9.59 Å². The first-order valence-corrected chi connectivity index (χ1v) is 9.77. The van der Waals surface area contributed by atoms with Gasteiger partial charge in [0.15, 0.2) is 17.1 Å². The normalized spacial score (nSPS) is 14.6. The molecule has 0 atom stereocenters. The summed E-state index contributed by atoms with van der Waals surface area (Å²) in [7, 11) is 0. The minimum absolute atomic E-state index is 0.114. The number of pyridine rings is 1. The molecule has 2 amide bonds. The molecule has 0 saturated heterocycles. The van der Waals surface area contributed by atoms with Crippen LogP contribution < -0.4 is 14.4 Å². The first-order valence-electron chi connectivity index (χ1n) is 9.77. The molecule has 8 nitrogen and oxygen atoms in total. The van der Waals surface area contributed by atoms with Crippen molar-refractivity contribution in [1.82, 2.24) is 14.8 Å². The number of fused-ring (bicyclic) bond motifs is 4. The number of anilines is 1. The molecule has 0 saturated carbocycles. The molecule has 2 aliphatic rings. The van der Waals surface area contributed by atoms with E-state index in [2.05, 4.69) is 10.1 Å². The molecule has 0 spiro atoms. The maximum atomic E-state index is 13.5. The fourth-order valence-electron chi connectivity index (χ4n) is 4.19. The summed E-state index contributed by atoms with van der Waals surface area (Å²) in [4.78, 5) is 32.3. The summed E-state index contributed by atoms with van der Waals surface area (Å²) >= 11 is 0. The van der Waals surface area contributed by atoms with E-state index in [9.17, 15) is 9.59 Å². The number of aryl methyl sites for hydroxylation is 2. The number of hydrogen-bond donors (Lipinski definition) is 0. The van der Waals surface area contributed by atoms with Crippen LogP contribution >= 0.6 is 0 Å². The molecule has 2 aromatic carbocycles. The van der Waals surface area contributed by atoms with Crippen molar-refractivity contribution in [2.24, 2.45) is 0 Å². The topological polar surface area (TPSA) is 86.6 Å². The lowest BCUT2D eigenvalue weighted by atomic mass is 10.1. The number of carbonyl (C=O) groups is 2. The molecule has 0 N–H and O–H groups in total. The van der Waals surface area contributed by atoms with Crippen LogP contribution in [0.4, 0.5) is 5.69 Å². The Hall–Kier alpha value is -4.20. The van der Waals surface area contributed by atoms with Crippen LogP contribution in [0.2, 0.25) is 0 Å². The summed E-state index contributed by atoms with van der Waals surface area (Å²) in [6.45, 7) is 3.92. The van der Waals surface area contributed by atoms with Crippen molar-refractivity contribution < 1.29 is 19.1 Å². The molecule has 0 fully saturated rings. The Bertz CT molecular complexity index is 1440. The third-order valence-corrected chi connectivity index (χ3v) is 5.68. The molecule has 0 radical (unpaired) electrons. The molecule has 6 rings (SSSR count). The van der Waals surface area contributed by atoms with E-state index in [0.29, 0.717) is 39.5 Å². The Morgan fingerprint density at radius 3 is 2.61 bits per heavy atom. The largest absolute Gasteiger partial charge is 0.454 e. The van der Waals surface area contributed by atoms with Gasteiger partial charge < -0.3 is 9.47 Å². The van der Waals surface area contributed by atoms with Crippen molar-refractivity contribution in [2.45, 2.75) is 13.8 Å². The molecule has 4 aromatic rings. The van der Waals surface area contributed by atoms with Crippen molar-refractivity contribution in [2.75, 3.05) is 11.7 Å². The maximum Gasteiger partial charge on any atom is 0.267 e. The average Bonchev–Trinajstić information content (AvgIpc) is 3.43. The fraction of sp³-hybridized carbons (Fsp3) is 0.130. The van der Waals surface area contributed by atoms with Crippen LogP contribution in [0.15, 0.2) is 48.7 Å². The number of imide groups is 1. The van der Waals surface area contributed by atoms with E-state index in [-0.39, 0.29) is 12.4 Å². The van der Waals surface area contributed by atoms with E-state index in [1.54, 1.807) is 22.9 Å². The second-order valence-electron chi connectivity index (χ2n) is 7.51. The Morgan fingerprint density at radius 1 is 0.968 bits per heavy atom. The Labute approximate surface area is 176 Å². The Kier molecular flexibility index (Phi) is 3.50. The Balaban J connectivity index is 1.53. The summed E-state index contributed by atoms with van der Waals surface area (Å²) in [5.41, 5.74) is 4.09. The number of benzene rings is 2. The van der Waals surface area contributed by atoms with Crippen LogP contribution in [0, 0.1) is 13.8 Å². The fourth-order valence-corrected chi connectivity index (χ4v) is 4.19. The third-order valence-electron chi connectivity index (χ3n) is 5.68. The van der Waals surface area contributed by atoms with Gasteiger partial charge in [-0.05, 0) is 37.6 Å². The van der Waals surface area contributed by atoms with Gasteiger partial charge in [0.1, 0.15) is 0 Å². The molecule has 0 aliphatic carbocycles. The molecule has 2 aliphatic heterocycles. The minimum Gasteiger partial charge on any atom is -0.454 e. The monoisotopic (exact) mass is 412 g/mol. The highest BCUT2D eigenvalue weighted by atomic mass is 16.7. The first-order chi connectivity index (χ1) is 15.0. The molecule has 0 unspecified atom stereocenters. The van der Waals surface area contributed by atoms with Gasteiger partial charge in [0, 0.05) is 12.3 Å². The predicted octanol–water partition coefficient (Wildman–Crippen LogP) is 3.57. The smallest absolute Gasteiger partial charge is 0.267 e. The number of hydrogen-bond acceptors (Lipinski definition) is 6. The summed E-state index contributed by atoms with van der Waals surface area (Å²) in [5.74, 6) is 0.260. The first kappa shape index (κ1) is 17.6. The number of rotatable bonds is 2. The summed E-state index contributed by atoms with van der Waals surface area (Å²) in [6, 6.07) is 12.8. The minimum atomic E-state index is -0.420. The molecule has 4 heterocycles.